The summed E-state index contributed by atoms with van der Waals surface area (Å²) in [5.41, 5.74) is 2.26. The molecule has 1 aliphatic heterocycles. The molecule has 0 spiro atoms. The quantitative estimate of drug-likeness (QED) is 0.616. The van der Waals surface area contributed by atoms with Gasteiger partial charge in [-0.25, -0.2) is 0 Å². The van der Waals surface area contributed by atoms with Crippen LogP contribution in [0.1, 0.15) is 35.0 Å². The fourth-order valence-electron chi connectivity index (χ4n) is 4.00. The molecular weight excluding hydrogens is 366 g/mol. The highest BCUT2D eigenvalue weighted by Crippen LogP contribution is 2.48. The lowest BCUT2D eigenvalue weighted by Gasteiger charge is -2.22. The monoisotopic (exact) mass is 389 g/mol. The van der Waals surface area contributed by atoms with E-state index >= 15 is 0 Å². The Morgan fingerprint density at radius 1 is 1.00 bits per heavy atom. The number of aryl methyl sites for hydroxylation is 1. The van der Waals surface area contributed by atoms with Crippen LogP contribution in [-0.4, -0.2) is 17.6 Å². The number of ether oxygens (including phenoxy) is 2. The summed E-state index contributed by atoms with van der Waals surface area (Å²) in [6.07, 6.45) is 0.900. The molecule has 5 rings (SSSR count). The zero-order valence-electron chi connectivity index (χ0n) is 16.3. The summed E-state index contributed by atoms with van der Waals surface area (Å²) in [5.74, 6) is 3.64. The van der Waals surface area contributed by atoms with E-state index in [2.05, 4.69) is 12.1 Å². The lowest BCUT2D eigenvalue weighted by atomic mass is 10.1. The maximum absolute atomic E-state index is 13.4. The van der Waals surface area contributed by atoms with Crippen molar-refractivity contribution in [3.63, 3.8) is 0 Å². The van der Waals surface area contributed by atoms with Crippen molar-refractivity contribution in [3.8, 4) is 11.5 Å². The second-order valence-corrected chi connectivity index (χ2v) is 7.75. The van der Waals surface area contributed by atoms with Gasteiger partial charge >= 0.3 is 0 Å². The molecule has 0 saturated heterocycles. The Hall–Kier alpha value is -3.21. The van der Waals surface area contributed by atoms with Gasteiger partial charge in [0.15, 0.2) is 11.5 Å². The molecule has 0 unspecified atom stereocenters. The second kappa shape index (κ2) is 7.32. The van der Waals surface area contributed by atoms with Gasteiger partial charge < -0.3 is 18.8 Å². The molecule has 148 valence electrons. The van der Waals surface area contributed by atoms with Crippen LogP contribution in [0.5, 0.6) is 11.5 Å². The van der Waals surface area contributed by atoms with Gasteiger partial charge in [-0.05, 0) is 54.7 Å². The number of furan rings is 1. The van der Waals surface area contributed by atoms with Crippen LogP contribution in [0.3, 0.4) is 0 Å². The van der Waals surface area contributed by atoms with Crippen LogP contribution in [0.25, 0.3) is 0 Å². The van der Waals surface area contributed by atoms with Crippen LogP contribution in [0, 0.1) is 12.8 Å². The van der Waals surface area contributed by atoms with Crippen molar-refractivity contribution in [1.82, 2.24) is 4.90 Å². The van der Waals surface area contributed by atoms with Gasteiger partial charge in [-0.15, -0.1) is 0 Å². The van der Waals surface area contributed by atoms with E-state index < -0.39 is 0 Å². The van der Waals surface area contributed by atoms with Gasteiger partial charge in [-0.3, -0.25) is 4.79 Å². The minimum absolute atomic E-state index is 0.0301. The molecule has 0 bridgehead atoms. The average Bonchev–Trinajstić information content (AvgIpc) is 3.22. The number of nitrogens with zero attached hydrogens (tertiary/aromatic N) is 1. The highest BCUT2D eigenvalue weighted by Gasteiger charge is 2.45. The second-order valence-electron chi connectivity index (χ2n) is 7.75. The summed E-state index contributed by atoms with van der Waals surface area (Å²) in [4.78, 5) is 15.3. The predicted octanol–water partition coefficient (Wildman–Crippen LogP) is 4.65. The van der Waals surface area contributed by atoms with E-state index in [1.165, 1.54) is 5.56 Å². The Labute approximate surface area is 169 Å². The molecule has 5 nitrogen and oxygen atoms in total. The minimum Gasteiger partial charge on any atom is -0.464 e. The minimum atomic E-state index is 0.0301. The summed E-state index contributed by atoms with van der Waals surface area (Å²) in [5, 5.41) is 0. The third-order valence-corrected chi connectivity index (χ3v) is 5.60. The van der Waals surface area contributed by atoms with E-state index in [-0.39, 0.29) is 18.6 Å². The summed E-state index contributed by atoms with van der Waals surface area (Å²) in [7, 11) is 0. The Morgan fingerprint density at radius 3 is 2.62 bits per heavy atom. The van der Waals surface area contributed by atoms with E-state index in [0.717, 1.165) is 35.0 Å². The molecule has 2 aliphatic rings. The zero-order chi connectivity index (χ0) is 19.8. The summed E-state index contributed by atoms with van der Waals surface area (Å²) >= 11 is 0. The molecule has 1 fully saturated rings. The van der Waals surface area contributed by atoms with E-state index in [1.54, 1.807) is 0 Å². The molecule has 0 N–H and O–H groups in total. The predicted molar refractivity (Wildman–Crippen MR) is 108 cm³/mol. The SMILES string of the molecule is Cc1ccc(CN(Cc2ccc3c(c2)OCO3)C(=O)[C@@H]2C[C@H]2c2ccccc2)o1. The first-order chi connectivity index (χ1) is 14.2. The first kappa shape index (κ1) is 17.9. The molecule has 1 aromatic heterocycles. The average molecular weight is 389 g/mol. The Kier molecular flexibility index (Phi) is 4.51. The third-order valence-electron chi connectivity index (χ3n) is 5.60. The number of amides is 1. The fourth-order valence-corrected chi connectivity index (χ4v) is 4.00. The molecule has 1 aliphatic carbocycles. The summed E-state index contributed by atoms with van der Waals surface area (Å²) in [6.45, 7) is 3.13. The van der Waals surface area contributed by atoms with Crippen molar-refractivity contribution in [1.29, 1.82) is 0 Å². The first-order valence-corrected chi connectivity index (χ1v) is 9.95. The van der Waals surface area contributed by atoms with Gasteiger partial charge in [-0.1, -0.05) is 36.4 Å². The van der Waals surface area contributed by atoms with E-state index in [4.69, 9.17) is 13.9 Å². The largest absolute Gasteiger partial charge is 0.464 e. The molecule has 1 saturated carbocycles. The van der Waals surface area contributed by atoms with Crippen LogP contribution < -0.4 is 9.47 Å². The summed E-state index contributed by atoms with van der Waals surface area (Å²) < 4.78 is 16.6. The Morgan fingerprint density at radius 2 is 1.83 bits per heavy atom. The van der Waals surface area contributed by atoms with Gasteiger partial charge in [0.2, 0.25) is 12.7 Å². The van der Waals surface area contributed by atoms with E-state index in [1.807, 2.05) is 60.4 Å². The molecule has 5 heteroatoms. The maximum Gasteiger partial charge on any atom is 0.231 e. The van der Waals surface area contributed by atoms with Crippen LogP contribution in [0.15, 0.2) is 65.1 Å². The van der Waals surface area contributed by atoms with Crippen LogP contribution in [-0.2, 0) is 17.9 Å². The highest BCUT2D eigenvalue weighted by atomic mass is 16.7. The number of carbonyl (C=O) groups is 1. The smallest absolute Gasteiger partial charge is 0.231 e. The van der Waals surface area contributed by atoms with Crippen LogP contribution in [0.4, 0.5) is 0 Å². The number of fused-ring (bicyclic) bond motifs is 1. The normalized spacial score (nSPS) is 19.2. The standard InChI is InChI=1S/C24H23NO4/c1-16-7-9-19(29-16)14-25(13-17-8-10-22-23(11-17)28-15-27-22)24(26)21-12-20(21)18-5-3-2-4-6-18/h2-11,20-21H,12-15H2,1H3/t20-,21+/m0/s1. The molecule has 3 aromatic rings. The molecule has 2 heterocycles. The number of hydrogen-bond acceptors (Lipinski definition) is 4. The highest BCUT2D eigenvalue weighted by molar-refractivity contribution is 5.83. The first-order valence-electron chi connectivity index (χ1n) is 9.95. The van der Waals surface area contributed by atoms with E-state index in [9.17, 15) is 4.79 Å². The topological polar surface area (TPSA) is 51.9 Å². The van der Waals surface area contributed by atoms with Gasteiger partial charge in [0.05, 0.1) is 6.54 Å². The number of carbonyl (C=O) groups excluding carboxylic acids is 1. The van der Waals surface area contributed by atoms with Gasteiger partial charge in [0.25, 0.3) is 0 Å². The third kappa shape index (κ3) is 3.73. The fraction of sp³-hybridized carbons (Fsp3) is 0.292. The lowest BCUT2D eigenvalue weighted by molar-refractivity contribution is -0.134. The zero-order valence-corrected chi connectivity index (χ0v) is 16.3. The molecule has 2 atom stereocenters. The van der Waals surface area contributed by atoms with Crippen LogP contribution >= 0.6 is 0 Å². The van der Waals surface area contributed by atoms with Crippen molar-refractivity contribution in [3.05, 3.63) is 83.3 Å². The van der Waals surface area contributed by atoms with Crippen molar-refractivity contribution >= 4 is 5.91 Å². The molecule has 29 heavy (non-hydrogen) atoms. The van der Waals surface area contributed by atoms with Gasteiger partial charge in [-0.2, -0.15) is 0 Å². The van der Waals surface area contributed by atoms with Gasteiger partial charge in [0, 0.05) is 12.5 Å². The molecule has 2 aromatic carbocycles. The number of hydrogen-bond donors (Lipinski definition) is 0. The number of rotatable bonds is 6. The number of benzene rings is 2. The molecule has 1 amide bonds. The van der Waals surface area contributed by atoms with Crippen molar-refractivity contribution < 1.29 is 18.7 Å². The van der Waals surface area contributed by atoms with E-state index in [0.29, 0.717) is 19.0 Å². The van der Waals surface area contributed by atoms with Crippen molar-refractivity contribution in [2.45, 2.75) is 32.4 Å². The van der Waals surface area contributed by atoms with Crippen molar-refractivity contribution in [2.24, 2.45) is 5.92 Å². The molecule has 0 radical (unpaired) electrons. The van der Waals surface area contributed by atoms with Gasteiger partial charge in [0.1, 0.15) is 11.5 Å². The molecular formula is C24H23NO4. The maximum atomic E-state index is 13.4. The van der Waals surface area contributed by atoms with Crippen LogP contribution in [0.2, 0.25) is 0 Å². The summed E-state index contributed by atoms with van der Waals surface area (Å²) in [6, 6.07) is 20.0. The Bertz CT molecular complexity index is 1030. The Balaban J connectivity index is 1.36. The lowest BCUT2D eigenvalue weighted by Crippen LogP contribution is -2.31. The van der Waals surface area contributed by atoms with Crippen molar-refractivity contribution in [2.75, 3.05) is 6.79 Å².